The van der Waals surface area contributed by atoms with Crippen LogP contribution in [-0.2, 0) is 0 Å². The number of thioether (sulfide) groups is 4. The monoisotopic (exact) mass is 253 g/mol. The number of hydrogen-bond donors (Lipinski definition) is 1. The molecule has 0 spiro atoms. The molecule has 0 aromatic heterocycles. The standard InChI is InChI=1S/C8H15NS4/c1-2-11-7(10-1)5-9-6-8-12-3-4-13-8/h7-9H,1-6H2. The lowest BCUT2D eigenvalue weighted by atomic mass is 10.6. The average molecular weight is 253 g/mol. The molecule has 13 heavy (non-hydrogen) atoms. The van der Waals surface area contributed by atoms with E-state index in [2.05, 4.69) is 52.4 Å². The second-order valence-corrected chi connectivity index (χ2v) is 8.84. The largest absolute Gasteiger partial charge is 0.313 e. The Kier molecular flexibility index (Phi) is 5.06. The summed E-state index contributed by atoms with van der Waals surface area (Å²) in [5.41, 5.74) is 0. The fourth-order valence-electron chi connectivity index (χ4n) is 1.37. The fourth-order valence-corrected chi connectivity index (χ4v) is 6.83. The third-order valence-electron chi connectivity index (χ3n) is 2.00. The first-order valence-corrected chi connectivity index (χ1v) is 8.82. The van der Waals surface area contributed by atoms with E-state index in [1.54, 1.807) is 0 Å². The van der Waals surface area contributed by atoms with Crippen LogP contribution in [-0.4, -0.2) is 45.3 Å². The van der Waals surface area contributed by atoms with Crippen molar-refractivity contribution >= 4 is 47.0 Å². The molecule has 5 heteroatoms. The second kappa shape index (κ2) is 6.05. The van der Waals surface area contributed by atoms with Gasteiger partial charge in [0.25, 0.3) is 0 Å². The van der Waals surface area contributed by atoms with Gasteiger partial charge >= 0.3 is 0 Å². The van der Waals surface area contributed by atoms with Crippen LogP contribution in [0, 0.1) is 0 Å². The van der Waals surface area contributed by atoms with Crippen molar-refractivity contribution in [3.63, 3.8) is 0 Å². The van der Waals surface area contributed by atoms with Crippen LogP contribution in [0.1, 0.15) is 0 Å². The summed E-state index contributed by atoms with van der Waals surface area (Å²) in [6.45, 7) is 2.40. The summed E-state index contributed by atoms with van der Waals surface area (Å²) in [5.74, 6) is 5.40. The van der Waals surface area contributed by atoms with Gasteiger partial charge in [-0.3, -0.25) is 0 Å². The van der Waals surface area contributed by atoms with Gasteiger partial charge in [0.2, 0.25) is 0 Å². The van der Waals surface area contributed by atoms with Crippen LogP contribution in [0.5, 0.6) is 0 Å². The summed E-state index contributed by atoms with van der Waals surface area (Å²) in [5, 5.41) is 3.59. The van der Waals surface area contributed by atoms with Gasteiger partial charge in [0.05, 0.1) is 9.16 Å². The Labute approximate surface area is 97.3 Å². The van der Waals surface area contributed by atoms with Gasteiger partial charge in [-0.25, -0.2) is 0 Å². The van der Waals surface area contributed by atoms with E-state index in [0.29, 0.717) is 0 Å². The lowest BCUT2D eigenvalue weighted by Crippen LogP contribution is -2.26. The van der Waals surface area contributed by atoms with Gasteiger partial charge in [0.15, 0.2) is 0 Å². The van der Waals surface area contributed by atoms with E-state index in [4.69, 9.17) is 0 Å². The molecule has 1 N–H and O–H groups in total. The summed E-state index contributed by atoms with van der Waals surface area (Å²) < 4.78 is 1.66. The molecule has 2 aliphatic heterocycles. The summed E-state index contributed by atoms with van der Waals surface area (Å²) in [4.78, 5) is 0. The van der Waals surface area contributed by atoms with Gasteiger partial charge in [-0.05, 0) is 0 Å². The normalized spacial score (nSPS) is 25.8. The first-order chi connectivity index (χ1) is 6.45. The smallest absolute Gasteiger partial charge is 0.0627 e. The average Bonchev–Trinajstić information content (AvgIpc) is 2.75. The van der Waals surface area contributed by atoms with E-state index in [1.165, 1.54) is 36.1 Å². The Morgan fingerprint density at radius 1 is 0.769 bits per heavy atom. The van der Waals surface area contributed by atoms with Crippen LogP contribution in [0.4, 0.5) is 0 Å². The van der Waals surface area contributed by atoms with Gasteiger partial charge in [0, 0.05) is 36.1 Å². The van der Waals surface area contributed by atoms with Crippen LogP contribution in [0.15, 0.2) is 0 Å². The molecular formula is C8H15NS4. The topological polar surface area (TPSA) is 12.0 Å². The second-order valence-electron chi connectivity index (χ2n) is 3.00. The van der Waals surface area contributed by atoms with Gasteiger partial charge in [0.1, 0.15) is 0 Å². The fraction of sp³-hybridized carbons (Fsp3) is 1.00. The Bertz CT molecular complexity index is 127. The van der Waals surface area contributed by atoms with Crippen LogP contribution in [0.2, 0.25) is 0 Å². The summed E-state index contributed by atoms with van der Waals surface area (Å²) >= 11 is 8.45. The van der Waals surface area contributed by atoms with Gasteiger partial charge in [-0.1, -0.05) is 0 Å². The lowest BCUT2D eigenvalue weighted by molar-refractivity contribution is 0.751. The van der Waals surface area contributed by atoms with Crippen molar-refractivity contribution < 1.29 is 0 Å². The first-order valence-electron chi connectivity index (χ1n) is 4.62. The van der Waals surface area contributed by atoms with Crippen molar-refractivity contribution in [2.45, 2.75) is 9.16 Å². The molecule has 0 aromatic carbocycles. The van der Waals surface area contributed by atoms with Crippen molar-refractivity contribution in [3.8, 4) is 0 Å². The highest BCUT2D eigenvalue weighted by Gasteiger charge is 2.18. The van der Waals surface area contributed by atoms with E-state index in [9.17, 15) is 0 Å². The van der Waals surface area contributed by atoms with Crippen LogP contribution < -0.4 is 5.32 Å². The Morgan fingerprint density at radius 3 is 1.54 bits per heavy atom. The van der Waals surface area contributed by atoms with Crippen molar-refractivity contribution in [2.75, 3.05) is 36.1 Å². The number of rotatable bonds is 4. The van der Waals surface area contributed by atoms with E-state index in [1.807, 2.05) is 0 Å². The SMILES string of the molecule is C1CSC(CNCC2SCCS2)S1. The highest BCUT2D eigenvalue weighted by Crippen LogP contribution is 2.32. The third-order valence-corrected chi connectivity index (χ3v) is 8.07. The highest BCUT2D eigenvalue weighted by atomic mass is 32.2. The number of nitrogens with one attached hydrogen (secondary N) is 1. The maximum atomic E-state index is 3.59. The van der Waals surface area contributed by atoms with Crippen molar-refractivity contribution in [1.29, 1.82) is 0 Å². The summed E-state index contributed by atoms with van der Waals surface area (Å²) in [6.07, 6.45) is 0. The van der Waals surface area contributed by atoms with Crippen LogP contribution in [0.3, 0.4) is 0 Å². The predicted molar refractivity (Wildman–Crippen MR) is 70.3 cm³/mol. The maximum absolute atomic E-state index is 3.59. The molecule has 0 atom stereocenters. The quantitative estimate of drug-likeness (QED) is 0.822. The van der Waals surface area contributed by atoms with E-state index in [-0.39, 0.29) is 0 Å². The van der Waals surface area contributed by atoms with Gasteiger partial charge in [-0.2, -0.15) is 0 Å². The zero-order valence-corrected chi connectivity index (χ0v) is 10.8. The molecule has 0 bridgehead atoms. The van der Waals surface area contributed by atoms with E-state index in [0.717, 1.165) is 9.16 Å². The maximum Gasteiger partial charge on any atom is 0.0627 e. The molecule has 2 fully saturated rings. The molecular weight excluding hydrogens is 238 g/mol. The molecule has 0 unspecified atom stereocenters. The Hall–Kier alpha value is 1.36. The zero-order valence-electron chi connectivity index (χ0n) is 7.53. The van der Waals surface area contributed by atoms with Crippen molar-refractivity contribution in [3.05, 3.63) is 0 Å². The van der Waals surface area contributed by atoms with Crippen LogP contribution in [0.25, 0.3) is 0 Å². The zero-order chi connectivity index (χ0) is 8.93. The molecule has 2 aliphatic rings. The molecule has 0 saturated carbocycles. The van der Waals surface area contributed by atoms with E-state index >= 15 is 0 Å². The molecule has 0 aliphatic carbocycles. The third kappa shape index (κ3) is 3.78. The van der Waals surface area contributed by atoms with Crippen molar-refractivity contribution in [1.82, 2.24) is 5.32 Å². The summed E-state index contributed by atoms with van der Waals surface area (Å²) in [6, 6.07) is 0. The molecule has 0 amide bonds. The molecule has 2 heterocycles. The minimum absolute atomic E-state index is 0.830. The molecule has 76 valence electrons. The molecule has 0 radical (unpaired) electrons. The molecule has 0 aromatic rings. The van der Waals surface area contributed by atoms with E-state index < -0.39 is 0 Å². The molecule has 1 nitrogen and oxygen atoms in total. The minimum atomic E-state index is 0.830. The van der Waals surface area contributed by atoms with Gasteiger partial charge < -0.3 is 5.32 Å². The van der Waals surface area contributed by atoms with Gasteiger partial charge in [-0.15, -0.1) is 47.0 Å². The number of hydrogen-bond acceptors (Lipinski definition) is 5. The first kappa shape index (κ1) is 10.9. The Morgan fingerprint density at radius 2 is 1.15 bits per heavy atom. The molecule has 2 rings (SSSR count). The van der Waals surface area contributed by atoms with Crippen LogP contribution >= 0.6 is 47.0 Å². The van der Waals surface area contributed by atoms with Crippen molar-refractivity contribution in [2.24, 2.45) is 0 Å². The molecule has 2 saturated heterocycles. The lowest BCUT2D eigenvalue weighted by Gasteiger charge is -2.12. The summed E-state index contributed by atoms with van der Waals surface area (Å²) in [7, 11) is 0. The minimum Gasteiger partial charge on any atom is -0.313 e. The predicted octanol–water partition coefficient (Wildman–Crippen LogP) is 2.19. The highest BCUT2D eigenvalue weighted by molar-refractivity contribution is 8.20. The Balaban J connectivity index is 1.52.